The largest absolute Gasteiger partial charge is 0.331 e. The molecule has 2 rings (SSSR count). The molecular formula is C13H25N3O. The Bertz CT molecular complexity index is 255. The number of amides is 2. The molecule has 1 aliphatic carbocycles. The zero-order valence-electron chi connectivity index (χ0n) is 11.1. The van der Waals surface area contributed by atoms with Crippen LogP contribution in [-0.4, -0.2) is 55.6 Å². The van der Waals surface area contributed by atoms with Crippen LogP contribution in [0.4, 0.5) is 4.79 Å². The molecule has 0 atom stereocenters. The maximum absolute atomic E-state index is 11.7. The highest BCUT2D eigenvalue weighted by Crippen LogP contribution is 2.31. The molecule has 0 unspecified atom stereocenters. The number of hydrogen-bond donors (Lipinski definition) is 1. The Morgan fingerprint density at radius 2 is 1.88 bits per heavy atom. The fraction of sp³-hybridized carbons (Fsp3) is 0.923. The molecule has 1 N–H and O–H groups in total. The Hall–Kier alpha value is -0.770. The molecule has 0 aromatic heterocycles. The number of rotatable bonds is 4. The Morgan fingerprint density at radius 1 is 1.24 bits per heavy atom. The number of hydrogen-bond acceptors (Lipinski definition) is 2. The van der Waals surface area contributed by atoms with Gasteiger partial charge in [0, 0.05) is 33.2 Å². The van der Waals surface area contributed by atoms with Gasteiger partial charge in [0.2, 0.25) is 0 Å². The van der Waals surface area contributed by atoms with Crippen LogP contribution in [0.1, 0.15) is 32.1 Å². The summed E-state index contributed by atoms with van der Waals surface area (Å²) in [7, 11) is 3.64. The highest BCUT2D eigenvalue weighted by molar-refractivity contribution is 5.73. The van der Waals surface area contributed by atoms with Crippen molar-refractivity contribution in [3.05, 3.63) is 0 Å². The lowest BCUT2D eigenvalue weighted by Gasteiger charge is -2.34. The van der Waals surface area contributed by atoms with E-state index in [9.17, 15) is 4.79 Å². The molecule has 17 heavy (non-hydrogen) atoms. The SMILES string of the molecule is CN(C)C(=O)N1CCC(NCCC2CC2)CC1. The fourth-order valence-corrected chi connectivity index (χ4v) is 2.46. The minimum Gasteiger partial charge on any atom is -0.331 e. The number of urea groups is 1. The van der Waals surface area contributed by atoms with Crippen LogP contribution >= 0.6 is 0 Å². The van der Waals surface area contributed by atoms with Crippen LogP contribution in [0.3, 0.4) is 0 Å². The predicted octanol–water partition coefficient (Wildman–Crippen LogP) is 1.52. The molecule has 2 fully saturated rings. The van der Waals surface area contributed by atoms with E-state index >= 15 is 0 Å². The van der Waals surface area contributed by atoms with Crippen LogP contribution in [0.5, 0.6) is 0 Å². The molecule has 98 valence electrons. The van der Waals surface area contributed by atoms with Gasteiger partial charge in [-0.15, -0.1) is 0 Å². The van der Waals surface area contributed by atoms with E-state index in [-0.39, 0.29) is 6.03 Å². The van der Waals surface area contributed by atoms with Crippen molar-refractivity contribution in [2.24, 2.45) is 5.92 Å². The summed E-state index contributed by atoms with van der Waals surface area (Å²) >= 11 is 0. The van der Waals surface area contributed by atoms with E-state index in [2.05, 4.69) is 5.32 Å². The van der Waals surface area contributed by atoms with Gasteiger partial charge in [-0.3, -0.25) is 0 Å². The van der Waals surface area contributed by atoms with Gasteiger partial charge < -0.3 is 15.1 Å². The minimum absolute atomic E-state index is 0.154. The molecule has 4 nitrogen and oxygen atoms in total. The molecule has 0 spiro atoms. The number of nitrogens with one attached hydrogen (secondary N) is 1. The van der Waals surface area contributed by atoms with E-state index in [1.807, 2.05) is 19.0 Å². The van der Waals surface area contributed by atoms with Gasteiger partial charge in [0.25, 0.3) is 0 Å². The number of likely N-dealkylation sites (tertiary alicyclic amines) is 1. The summed E-state index contributed by atoms with van der Waals surface area (Å²) in [5, 5.41) is 3.63. The molecule has 1 heterocycles. The molecule has 0 aromatic rings. The maximum Gasteiger partial charge on any atom is 0.319 e. The van der Waals surface area contributed by atoms with Crippen molar-refractivity contribution in [1.29, 1.82) is 0 Å². The van der Waals surface area contributed by atoms with E-state index in [4.69, 9.17) is 0 Å². The second-order valence-corrected chi connectivity index (χ2v) is 5.62. The molecule has 2 amide bonds. The molecule has 0 aromatic carbocycles. The lowest BCUT2D eigenvalue weighted by molar-refractivity contribution is 0.152. The van der Waals surface area contributed by atoms with Crippen molar-refractivity contribution in [2.75, 3.05) is 33.7 Å². The summed E-state index contributed by atoms with van der Waals surface area (Å²) in [6.45, 7) is 2.97. The van der Waals surface area contributed by atoms with Gasteiger partial charge in [-0.2, -0.15) is 0 Å². The lowest BCUT2D eigenvalue weighted by atomic mass is 10.1. The zero-order chi connectivity index (χ0) is 12.3. The average Bonchev–Trinajstić information content (AvgIpc) is 3.13. The quantitative estimate of drug-likeness (QED) is 0.807. The Labute approximate surface area is 104 Å². The van der Waals surface area contributed by atoms with Crippen molar-refractivity contribution >= 4 is 6.03 Å². The molecule has 1 aliphatic heterocycles. The predicted molar refractivity (Wildman–Crippen MR) is 69.0 cm³/mol. The van der Waals surface area contributed by atoms with Crippen molar-refractivity contribution in [3.8, 4) is 0 Å². The minimum atomic E-state index is 0.154. The monoisotopic (exact) mass is 239 g/mol. The van der Waals surface area contributed by atoms with Crippen molar-refractivity contribution in [2.45, 2.75) is 38.1 Å². The van der Waals surface area contributed by atoms with Crippen molar-refractivity contribution in [1.82, 2.24) is 15.1 Å². The smallest absolute Gasteiger partial charge is 0.319 e. The van der Waals surface area contributed by atoms with E-state index in [1.54, 1.807) is 4.90 Å². The molecule has 0 bridgehead atoms. The van der Waals surface area contributed by atoms with Gasteiger partial charge in [0.1, 0.15) is 0 Å². The number of carbonyl (C=O) groups is 1. The summed E-state index contributed by atoms with van der Waals surface area (Å²) in [5.41, 5.74) is 0. The first-order valence-corrected chi connectivity index (χ1v) is 6.86. The van der Waals surface area contributed by atoms with Gasteiger partial charge in [-0.1, -0.05) is 12.8 Å². The summed E-state index contributed by atoms with van der Waals surface area (Å²) in [6.07, 6.45) is 6.43. The van der Waals surface area contributed by atoms with Crippen LogP contribution in [0.2, 0.25) is 0 Å². The standard InChI is InChI=1S/C13H25N3O/c1-15(2)13(17)16-9-6-12(7-10-16)14-8-5-11-3-4-11/h11-12,14H,3-10H2,1-2H3. The number of nitrogens with zero attached hydrogens (tertiary/aromatic N) is 2. The van der Waals surface area contributed by atoms with Gasteiger partial charge in [0.05, 0.1) is 0 Å². The van der Waals surface area contributed by atoms with Crippen molar-refractivity contribution < 1.29 is 4.79 Å². The normalized spacial score (nSPS) is 21.6. The van der Waals surface area contributed by atoms with Crippen LogP contribution in [0.25, 0.3) is 0 Å². The fourth-order valence-electron chi connectivity index (χ4n) is 2.46. The topological polar surface area (TPSA) is 35.6 Å². The van der Waals surface area contributed by atoms with E-state index < -0.39 is 0 Å². The second kappa shape index (κ2) is 5.71. The highest BCUT2D eigenvalue weighted by atomic mass is 16.2. The molecule has 0 radical (unpaired) electrons. The molecular weight excluding hydrogens is 214 g/mol. The van der Waals surface area contributed by atoms with Gasteiger partial charge in [0.15, 0.2) is 0 Å². The van der Waals surface area contributed by atoms with E-state index in [1.165, 1.54) is 19.3 Å². The molecule has 1 saturated carbocycles. The van der Waals surface area contributed by atoms with Crippen molar-refractivity contribution in [3.63, 3.8) is 0 Å². The highest BCUT2D eigenvalue weighted by Gasteiger charge is 2.24. The summed E-state index contributed by atoms with van der Waals surface area (Å²) in [5.74, 6) is 1.01. The van der Waals surface area contributed by atoms with Gasteiger partial charge in [-0.05, 0) is 31.7 Å². The first kappa shape index (κ1) is 12.7. The summed E-state index contributed by atoms with van der Waals surface area (Å²) < 4.78 is 0. The second-order valence-electron chi connectivity index (χ2n) is 5.62. The Morgan fingerprint density at radius 3 is 2.41 bits per heavy atom. The first-order valence-electron chi connectivity index (χ1n) is 6.86. The number of carbonyl (C=O) groups excluding carboxylic acids is 1. The Kier molecular flexibility index (Phi) is 4.26. The summed E-state index contributed by atoms with van der Waals surface area (Å²) in [6, 6.07) is 0.779. The van der Waals surface area contributed by atoms with E-state index in [0.717, 1.165) is 38.4 Å². The summed E-state index contributed by atoms with van der Waals surface area (Å²) in [4.78, 5) is 15.4. The van der Waals surface area contributed by atoms with Gasteiger partial charge in [-0.25, -0.2) is 4.79 Å². The van der Waals surface area contributed by atoms with Crippen LogP contribution < -0.4 is 5.32 Å². The van der Waals surface area contributed by atoms with Crippen LogP contribution in [-0.2, 0) is 0 Å². The average molecular weight is 239 g/mol. The Balaban J connectivity index is 1.61. The molecule has 4 heteroatoms. The molecule has 2 aliphatic rings. The third-order valence-corrected chi connectivity index (χ3v) is 3.83. The third kappa shape index (κ3) is 3.87. The molecule has 1 saturated heterocycles. The maximum atomic E-state index is 11.7. The third-order valence-electron chi connectivity index (χ3n) is 3.83. The van der Waals surface area contributed by atoms with Crippen LogP contribution in [0.15, 0.2) is 0 Å². The van der Waals surface area contributed by atoms with E-state index in [0.29, 0.717) is 6.04 Å². The van der Waals surface area contributed by atoms with Gasteiger partial charge >= 0.3 is 6.03 Å². The zero-order valence-corrected chi connectivity index (χ0v) is 11.1. The number of piperidine rings is 1. The first-order chi connectivity index (χ1) is 8.16. The van der Waals surface area contributed by atoms with Crippen LogP contribution in [0, 0.1) is 5.92 Å². The lowest BCUT2D eigenvalue weighted by Crippen LogP contribution is -2.48.